The summed E-state index contributed by atoms with van der Waals surface area (Å²) in [7, 11) is 0. The molecule has 0 aliphatic heterocycles. The quantitative estimate of drug-likeness (QED) is 0.359. The lowest BCUT2D eigenvalue weighted by Crippen LogP contribution is -2.06. The highest BCUT2D eigenvalue weighted by Gasteiger charge is 1.98. The number of unbranched alkanes of at least 4 members (excludes halogenated alkanes) is 1. The summed E-state index contributed by atoms with van der Waals surface area (Å²) in [4.78, 5) is 0. The number of halogens is 1. The maximum absolute atomic E-state index is 8.92. The molecule has 0 saturated heterocycles. The van der Waals surface area contributed by atoms with Crippen LogP contribution in [0, 0.1) is 0 Å². The zero-order valence-corrected chi connectivity index (χ0v) is 6.27. The van der Waals surface area contributed by atoms with Gasteiger partial charge in [0, 0.05) is 5.88 Å². The molecule has 1 N–H and O–H groups in total. The van der Waals surface area contributed by atoms with Crippen LogP contribution in [0.4, 0.5) is 0 Å². The van der Waals surface area contributed by atoms with Crippen LogP contribution in [0.5, 0.6) is 0 Å². The molecule has 0 saturated carbocycles. The second-order valence-corrected chi connectivity index (χ2v) is 2.34. The molecule has 1 atom stereocenters. The largest absolute Gasteiger partial charge is 0.392 e. The fourth-order valence-corrected chi connectivity index (χ4v) is 0.729. The van der Waals surface area contributed by atoms with Gasteiger partial charge in [0.1, 0.15) is 0 Å². The van der Waals surface area contributed by atoms with E-state index in [1.54, 1.807) is 0 Å². The standard InChI is InChI=1S/C7H13ClO/c1-2-3-4-5-7(9)6-8/h2,7,9H,1,3-6H2/t7-/m0/s1. The van der Waals surface area contributed by atoms with Crippen molar-refractivity contribution < 1.29 is 5.11 Å². The van der Waals surface area contributed by atoms with Gasteiger partial charge in [0.25, 0.3) is 0 Å². The van der Waals surface area contributed by atoms with Crippen LogP contribution in [-0.2, 0) is 0 Å². The predicted molar refractivity (Wildman–Crippen MR) is 40.8 cm³/mol. The van der Waals surface area contributed by atoms with E-state index in [1.165, 1.54) is 0 Å². The Kier molecular flexibility index (Phi) is 6.11. The van der Waals surface area contributed by atoms with E-state index in [1.807, 2.05) is 6.08 Å². The molecule has 54 valence electrons. The van der Waals surface area contributed by atoms with Crippen molar-refractivity contribution >= 4 is 11.6 Å². The van der Waals surface area contributed by atoms with Gasteiger partial charge < -0.3 is 5.11 Å². The molecule has 0 amide bonds. The molecule has 0 spiro atoms. The third-order valence-electron chi connectivity index (χ3n) is 1.12. The van der Waals surface area contributed by atoms with Gasteiger partial charge in [-0.15, -0.1) is 18.2 Å². The number of hydrogen-bond acceptors (Lipinski definition) is 1. The molecular weight excluding hydrogens is 136 g/mol. The monoisotopic (exact) mass is 148 g/mol. The smallest absolute Gasteiger partial charge is 0.0675 e. The van der Waals surface area contributed by atoms with Gasteiger partial charge in [-0.1, -0.05) is 6.08 Å². The topological polar surface area (TPSA) is 20.2 Å². The predicted octanol–water partition coefficient (Wildman–Crippen LogP) is 1.94. The Balaban J connectivity index is 2.96. The van der Waals surface area contributed by atoms with Gasteiger partial charge >= 0.3 is 0 Å². The molecule has 0 aliphatic rings. The van der Waals surface area contributed by atoms with Gasteiger partial charge in [-0.05, 0) is 19.3 Å². The number of alkyl halides is 1. The molecule has 0 aromatic carbocycles. The first-order valence-corrected chi connectivity index (χ1v) is 3.69. The van der Waals surface area contributed by atoms with Crippen molar-refractivity contribution in [1.29, 1.82) is 0 Å². The lowest BCUT2D eigenvalue weighted by Gasteiger charge is -2.02. The third kappa shape index (κ3) is 5.87. The average molecular weight is 149 g/mol. The summed E-state index contributed by atoms with van der Waals surface area (Å²) < 4.78 is 0. The first-order valence-electron chi connectivity index (χ1n) is 3.16. The van der Waals surface area contributed by atoms with Crippen LogP contribution in [0.15, 0.2) is 12.7 Å². The third-order valence-corrected chi connectivity index (χ3v) is 1.48. The molecule has 0 aromatic heterocycles. The van der Waals surface area contributed by atoms with Crippen molar-refractivity contribution in [2.24, 2.45) is 0 Å². The summed E-state index contributed by atoms with van der Waals surface area (Å²) in [6, 6.07) is 0. The lowest BCUT2D eigenvalue weighted by atomic mass is 10.2. The second kappa shape index (κ2) is 6.12. The molecule has 9 heavy (non-hydrogen) atoms. The van der Waals surface area contributed by atoms with Crippen LogP contribution in [-0.4, -0.2) is 17.1 Å². The fraction of sp³-hybridized carbons (Fsp3) is 0.714. The maximum atomic E-state index is 8.92. The molecule has 0 aliphatic carbocycles. The highest BCUT2D eigenvalue weighted by molar-refractivity contribution is 6.18. The van der Waals surface area contributed by atoms with E-state index in [-0.39, 0.29) is 6.10 Å². The van der Waals surface area contributed by atoms with Crippen molar-refractivity contribution in [2.75, 3.05) is 5.88 Å². The van der Waals surface area contributed by atoms with Gasteiger partial charge in [-0.3, -0.25) is 0 Å². The van der Waals surface area contributed by atoms with Crippen molar-refractivity contribution in [3.63, 3.8) is 0 Å². The van der Waals surface area contributed by atoms with Crippen LogP contribution in [0.25, 0.3) is 0 Å². The van der Waals surface area contributed by atoms with Crippen LogP contribution >= 0.6 is 11.6 Å². The Bertz CT molecular complexity index is 73.3. The summed E-state index contributed by atoms with van der Waals surface area (Å²) in [6.07, 6.45) is 4.26. The number of aliphatic hydroxyl groups excluding tert-OH is 1. The van der Waals surface area contributed by atoms with Crippen molar-refractivity contribution in [2.45, 2.75) is 25.4 Å². The lowest BCUT2D eigenvalue weighted by molar-refractivity contribution is 0.185. The van der Waals surface area contributed by atoms with Crippen molar-refractivity contribution in [3.8, 4) is 0 Å². The fourth-order valence-electron chi connectivity index (χ4n) is 0.575. The molecule has 2 heteroatoms. The van der Waals surface area contributed by atoms with E-state index >= 15 is 0 Å². The minimum Gasteiger partial charge on any atom is -0.392 e. The zero-order chi connectivity index (χ0) is 7.11. The molecule has 0 rings (SSSR count). The number of hydrogen-bond donors (Lipinski definition) is 1. The van der Waals surface area contributed by atoms with Crippen molar-refractivity contribution in [1.82, 2.24) is 0 Å². The summed E-state index contributed by atoms with van der Waals surface area (Å²) in [5.41, 5.74) is 0. The van der Waals surface area contributed by atoms with Crippen LogP contribution < -0.4 is 0 Å². The van der Waals surface area contributed by atoms with Gasteiger partial charge in [-0.25, -0.2) is 0 Å². The first kappa shape index (κ1) is 8.99. The van der Waals surface area contributed by atoms with Gasteiger partial charge in [0.05, 0.1) is 6.10 Å². The Hall–Kier alpha value is -0.0100. The summed E-state index contributed by atoms with van der Waals surface area (Å²) >= 11 is 5.36. The Labute approximate surface area is 61.3 Å². The minimum atomic E-state index is -0.327. The molecule has 0 heterocycles. The Morgan fingerprint density at radius 3 is 2.78 bits per heavy atom. The average Bonchev–Trinajstić information content (AvgIpc) is 1.89. The van der Waals surface area contributed by atoms with Gasteiger partial charge in [0.15, 0.2) is 0 Å². The number of allylic oxidation sites excluding steroid dienone is 1. The van der Waals surface area contributed by atoms with Crippen LogP contribution in [0.1, 0.15) is 19.3 Å². The maximum Gasteiger partial charge on any atom is 0.0675 e. The SMILES string of the molecule is C=CCCC[C@H](O)CCl. The van der Waals surface area contributed by atoms with E-state index in [9.17, 15) is 0 Å². The van der Waals surface area contributed by atoms with E-state index in [0.717, 1.165) is 19.3 Å². The zero-order valence-electron chi connectivity index (χ0n) is 5.52. The van der Waals surface area contributed by atoms with E-state index in [0.29, 0.717) is 5.88 Å². The first-order chi connectivity index (χ1) is 4.31. The minimum absolute atomic E-state index is 0.327. The molecule has 0 bridgehead atoms. The van der Waals surface area contributed by atoms with Gasteiger partial charge in [0.2, 0.25) is 0 Å². The second-order valence-electron chi connectivity index (χ2n) is 2.03. The van der Waals surface area contributed by atoms with E-state index in [2.05, 4.69) is 6.58 Å². The van der Waals surface area contributed by atoms with Crippen LogP contribution in [0.2, 0.25) is 0 Å². The highest BCUT2D eigenvalue weighted by Crippen LogP contribution is 2.01. The van der Waals surface area contributed by atoms with E-state index in [4.69, 9.17) is 16.7 Å². The molecule has 1 nitrogen and oxygen atoms in total. The van der Waals surface area contributed by atoms with Crippen LogP contribution in [0.3, 0.4) is 0 Å². The molecular formula is C7H13ClO. The molecule has 0 aromatic rings. The van der Waals surface area contributed by atoms with Gasteiger partial charge in [-0.2, -0.15) is 0 Å². The number of rotatable bonds is 5. The Morgan fingerprint density at radius 1 is 1.67 bits per heavy atom. The normalized spacial score (nSPS) is 13.1. The molecule has 0 fully saturated rings. The summed E-state index contributed by atoms with van der Waals surface area (Å²) in [6.45, 7) is 3.57. The van der Waals surface area contributed by atoms with Crippen molar-refractivity contribution in [3.05, 3.63) is 12.7 Å². The summed E-state index contributed by atoms with van der Waals surface area (Å²) in [5, 5.41) is 8.92. The number of aliphatic hydroxyl groups is 1. The van der Waals surface area contributed by atoms with E-state index < -0.39 is 0 Å². The Morgan fingerprint density at radius 2 is 2.33 bits per heavy atom. The molecule has 0 radical (unpaired) electrons. The summed E-state index contributed by atoms with van der Waals surface area (Å²) in [5.74, 6) is 0.344. The molecule has 0 unspecified atom stereocenters. The highest BCUT2D eigenvalue weighted by atomic mass is 35.5.